The standard InChI is InChI=1S/C28H22N8O2/c1-35-13-11-19(21-7-3-5-9-25(21)35)16-31-33-27(37)23-15-24(30-18-29-23)28(38)34-32-17-20-12-14-36(2)26-10-6-4-8-22(20)26/h3-18H,1-2H3/p+2. The van der Waals surface area contributed by atoms with E-state index in [9.17, 15) is 9.59 Å². The second-order valence-electron chi connectivity index (χ2n) is 8.49. The predicted octanol–water partition coefficient (Wildman–Crippen LogP) is 1.96. The van der Waals surface area contributed by atoms with Gasteiger partial charge in [-0.25, -0.2) is 30.0 Å². The Balaban J connectivity index is 1.25. The van der Waals surface area contributed by atoms with E-state index in [0.717, 1.165) is 39.3 Å². The highest BCUT2D eigenvalue weighted by Crippen LogP contribution is 2.14. The molecule has 0 aliphatic carbocycles. The fourth-order valence-electron chi connectivity index (χ4n) is 4.04. The Morgan fingerprint density at radius 3 is 1.63 bits per heavy atom. The number of fused-ring (bicyclic) bond motifs is 2. The Morgan fingerprint density at radius 1 is 0.711 bits per heavy atom. The van der Waals surface area contributed by atoms with Crippen molar-refractivity contribution in [2.75, 3.05) is 0 Å². The Labute approximate surface area is 218 Å². The van der Waals surface area contributed by atoms with Crippen molar-refractivity contribution in [1.82, 2.24) is 20.8 Å². The average molecular weight is 505 g/mol. The lowest BCUT2D eigenvalue weighted by atomic mass is 10.1. The minimum Gasteiger partial charge on any atom is -0.266 e. The molecule has 2 N–H and O–H groups in total. The smallest absolute Gasteiger partial charge is 0.266 e. The molecule has 10 nitrogen and oxygen atoms in total. The van der Waals surface area contributed by atoms with Crippen molar-refractivity contribution in [2.45, 2.75) is 0 Å². The van der Waals surface area contributed by atoms with Gasteiger partial charge in [0.15, 0.2) is 12.4 Å². The molecule has 2 aromatic carbocycles. The van der Waals surface area contributed by atoms with Crippen molar-refractivity contribution in [1.29, 1.82) is 0 Å². The number of aryl methyl sites for hydroxylation is 2. The average Bonchev–Trinajstić information content (AvgIpc) is 2.95. The van der Waals surface area contributed by atoms with E-state index in [4.69, 9.17) is 0 Å². The number of amides is 2. The molecule has 0 bridgehead atoms. The molecule has 186 valence electrons. The molecule has 3 heterocycles. The normalized spacial score (nSPS) is 11.4. The first-order valence-electron chi connectivity index (χ1n) is 11.7. The van der Waals surface area contributed by atoms with Crippen molar-refractivity contribution < 1.29 is 18.7 Å². The van der Waals surface area contributed by atoms with Gasteiger partial charge in [0.1, 0.15) is 31.8 Å². The molecule has 0 unspecified atom stereocenters. The summed E-state index contributed by atoms with van der Waals surface area (Å²) in [5, 5.41) is 10.1. The van der Waals surface area contributed by atoms with E-state index in [1.54, 1.807) is 12.4 Å². The van der Waals surface area contributed by atoms with E-state index >= 15 is 0 Å². The molecule has 5 aromatic rings. The summed E-state index contributed by atoms with van der Waals surface area (Å²) >= 11 is 0. The van der Waals surface area contributed by atoms with Crippen LogP contribution in [0.15, 0.2) is 95.7 Å². The number of nitrogens with zero attached hydrogens (tertiary/aromatic N) is 6. The van der Waals surface area contributed by atoms with Crippen LogP contribution in [0, 0.1) is 0 Å². The quantitative estimate of drug-likeness (QED) is 0.209. The lowest BCUT2D eigenvalue weighted by Crippen LogP contribution is -2.28. The third-order valence-corrected chi connectivity index (χ3v) is 6.02. The molecule has 0 saturated heterocycles. The molecular weight excluding hydrogens is 480 g/mol. The number of aromatic nitrogens is 4. The number of hydrogen-bond donors (Lipinski definition) is 2. The molecule has 0 spiro atoms. The molecule has 0 saturated carbocycles. The maximum atomic E-state index is 12.6. The van der Waals surface area contributed by atoms with E-state index in [1.807, 2.05) is 96.3 Å². The van der Waals surface area contributed by atoms with Gasteiger partial charge in [0, 0.05) is 41.5 Å². The van der Waals surface area contributed by atoms with Gasteiger partial charge in [-0.15, -0.1) is 0 Å². The van der Waals surface area contributed by atoms with Crippen LogP contribution in [-0.2, 0) is 14.1 Å². The molecule has 2 amide bonds. The van der Waals surface area contributed by atoms with Gasteiger partial charge in [-0.05, 0) is 12.1 Å². The molecule has 10 heteroatoms. The lowest BCUT2D eigenvalue weighted by Gasteiger charge is -2.03. The third kappa shape index (κ3) is 5.09. The Bertz CT molecular complexity index is 1620. The largest absolute Gasteiger partial charge is 0.290 e. The van der Waals surface area contributed by atoms with Crippen LogP contribution in [0.4, 0.5) is 0 Å². The summed E-state index contributed by atoms with van der Waals surface area (Å²) in [7, 11) is 3.92. The van der Waals surface area contributed by atoms with Gasteiger partial charge in [-0.2, -0.15) is 10.2 Å². The van der Waals surface area contributed by atoms with Crippen molar-refractivity contribution >= 4 is 46.0 Å². The first-order chi connectivity index (χ1) is 18.5. The molecule has 38 heavy (non-hydrogen) atoms. The summed E-state index contributed by atoms with van der Waals surface area (Å²) in [6.07, 6.45) is 8.12. The number of rotatable bonds is 6. The molecular formula is C28H24N8O2+2. The molecule has 5 rings (SSSR count). The van der Waals surface area contributed by atoms with Gasteiger partial charge in [-0.1, -0.05) is 24.3 Å². The first kappa shape index (κ1) is 24.3. The zero-order chi connectivity index (χ0) is 26.5. The van der Waals surface area contributed by atoms with Crippen LogP contribution in [0.3, 0.4) is 0 Å². The third-order valence-electron chi connectivity index (χ3n) is 6.02. The first-order valence-corrected chi connectivity index (χ1v) is 11.7. The predicted molar refractivity (Wildman–Crippen MR) is 142 cm³/mol. The van der Waals surface area contributed by atoms with Crippen LogP contribution in [0.25, 0.3) is 21.8 Å². The fourth-order valence-corrected chi connectivity index (χ4v) is 4.04. The summed E-state index contributed by atoms with van der Waals surface area (Å²) in [6, 6.07) is 20.9. The highest BCUT2D eigenvalue weighted by atomic mass is 16.2. The number of carbonyl (C=O) groups excluding carboxylic acids is 2. The van der Waals surface area contributed by atoms with Gasteiger partial charge >= 0.3 is 0 Å². The van der Waals surface area contributed by atoms with Gasteiger partial charge < -0.3 is 0 Å². The molecule has 0 atom stereocenters. The highest BCUT2D eigenvalue weighted by molar-refractivity contribution is 6.00. The topological polar surface area (TPSA) is 116 Å². The maximum Gasteiger partial charge on any atom is 0.290 e. The van der Waals surface area contributed by atoms with Gasteiger partial charge in [-0.3, -0.25) is 9.59 Å². The number of para-hydroxylation sites is 2. The van der Waals surface area contributed by atoms with Crippen LogP contribution >= 0.6 is 0 Å². The van der Waals surface area contributed by atoms with E-state index in [1.165, 1.54) is 6.07 Å². The molecule has 0 aliphatic heterocycles. The minimum absolute atomic E-state index is 0.00264. The zero-order valence-corrected chi connectivity index (χ0v) is 20.7. The van der Waals surface area contributed by atoms with Crippen LogP contribution in [0.5, 0.6) is 0 Å². The van der Waals surface area contributed by atoms with Gasteiger partial charge in [0.25, 0.3) is 11.8 Å². The fraction of sp³-hybridized carbons (Fsp3) is 0.0714. The Kier molecular flexibility index (Phi) is 6.85. The van der Waals surface area contributed by atoms with E-state index in [0.29, 0.717) is 0 Å². The molecule has 3 aromatic heterocycles. The van der Waals surface area contributed by atoms with E-state index in [2.05, 4.69) is 31.0 Å². The zero-order valence-electron chi connectivity index (χ0n) is 20.7. The van der Waals surface area contributed by atoms with Crippen molar-refractivity contribution in [3.05, 3.63) is 108 Å². The summed E-state index contributed by atoms with van der Waals surface area (Å²) in [4.78, 5) is 33.1. The highest BCUT2D eigenvalue weighted by Gasteiger charge is 2.13. The van der Waals surface area contributed by atoms with Gasteiger partial charge in [0.2, 0.25) is 11.0 Å². The van der Waals surface area contributed by atoms with Crippen LogP contribution in [0.1, 0.15) is 32.1 Å². The van der Waals surface area contributed by atoms with Crippen LogP contribution in [0.2, 0.25) is 0 Å². The van der Waals surface area contributed by atoms with Gasteiger partial charge in [0.05, 0.1) is 23.2 Å². The number of nitrogens with one attached hydrogen (secondary N) is 2. The number of carbonyl (C=O) groups is 2. The summed E-state index contributed by atoms with van der Waals surface area (Å²) in [5.41, 5.74) is 8.65. The number of benzene rings is 2. The number of hydrogen-bond acceptors (Lipinski definition) is 6. The number of hydrazone groups is 2. The molecule has 0 fully saturated rings. The maximum absolute atomic E-state index is 12.6. The summed E-state index contributed by atoms with van der Waals surface area (Å²) < 4.78 is 4.01. The second-order valence-corrected chi connectivity index (χ2v) is 8.49. The van der Waals surface area contributed by atoms with E-state index in [-0.39, 0.29) is 11.4 Å². The van der Waals surface area contributed by atoms with Crippen molar-refractivity contribution in [3.8, 4) is 0 Å². The molecule has 0 aliphatic rings. The monoisotopic (exact) mass is 504 g/mol. The summed E-state index contributed by atoms with van der Waals surface area (Å²) in [6.45, 7) is 0. The second kappa shape index (κ2) is 10.7. The molecule has 0 radical (unpaired) electrons. The SMILES string of the molecule is C[n+]1ccc(/C=N/NC(=O)c2cc(C(=O)N/N=C/c3cc[n+](C)c4ccccc34)ncn2)c2ccccc21. The van der Waals surface area contributed by atoms with Crippen LogP contribution in [-0.4, -0.2) is 34.2 Å². The van der Waals surface area contributed by atoms with Crippen molar-refractivity contribution in [3.63, 3.8) is 0 Å². The van der Waals surface area contributed by atoms with Crippen molar-refractivity contribution in [2.24, 2.45) is 24.3 Å². The minimum atomic E-state index is -0.574. The van der Waals surface area contributed by atoms with Crippen LogP contribution < -0.4 is 20.0 Å². The Morgan fingerprint density at radius 2 is 1.16 bits per heavy atom. The summed E-state index contributed by atoms with van der Waals surface area (Å²) in [5.74, 6) is -1.15. The Hall–Kier alpha value is -5.38. The number of pyridine rings is 2. The lowest BCUT2D eigenvalue weighted by molar-refractivity contribution is -0.645. The van der Waals surface area contributed by atoms with E-state index < -0.39 is 11.8 Å².